The summed E-state index contributed by atoms with van der Waals surface area (Å²) in [5, 5.41) is 2.89. The van der Waals surface area contributed by atoms with Crippen molar-refractivity contribution in [3.05, 3.63) is 28.0 Å². The number of nitrogens with zero attached hydrogens (tertiary/aromatic N) is 3. The minimum Gasteiger partial charge on any atom is -0.467 e. The van der Waals surface area contributed by atoms with Crippen molar-refractivity contribution in [3.8, 4) is 6.01 Å². The third-order valence-electron chi connectivity index (χ3n) is 2.44. The van der Waals surface area contributed by atoms with Crippen LogP contribution in [-0.2, 0) is 0 Å². The minimum atomic E-state index is -0.392. The Morgan fingerprint density at radius 1 is 1.25 bits per heavy atom. The van der Waals surface area contributed by atoms with Gasteiger partial charge >= 0.3 is 6.01 Å². The number of nitrogens with two attached hydrogens (primary N) is 1. The molecule has 2 aromatic rings. The van der Waals surface area contributed by atoms with E-state index in [2.05, 4.69) is 41.6 Å². The Morgan fingerprint density at radius 3 is 2.60 bits per heavy atom. The van der Waals surface area contributed by atoms with Gasteiger partial charge in [0.05, 0.1) is 11.6 Å². The molecule has 0 unspecified atom stereocenters. The van der Waals surface area contributed by atoms with Crippen molar-refractivity contribution >= 4 is 33.5 Å². The summed E-state index contributed by atoms with van der Waals surface area (Å²) in [4.78, 5) is 11.9. The summed E-state index contributed by atoms with van der Waals surface area (Å²) in [6.07, 6.45) is 0. The van der Waals surface area contributed by atoms with Crippen LogP contribution in [0.15, 0.2) is 16.6 Å². The fraction of sp³-hybridized carbons (Fsp3) is 0.182. The van der Waals surface area contributed by atoms with Crippen LogP contribution in [0.2, 0.25) is 0 Å². The molecule has 0 spiro atoms. The molecule has 106 valence electrons. The highest BCUT2D eigenvalue weighted by atomic mass is 79.9. The van der Waals surface area contributed by atoms with Crippen LogP contribution in [-0.4, -0.2) is 22.1 Å². The van der Waals surface area contributed by atoms with Gasteiger partial charge in [-0.1, -0.05) is 0 Å². The van der Waals surface area contributed by atoms with Gasteiger partial charge in [-0.3, -0.25) is 5.43 Å². The zero-order valence-corrected chi connectivity index (χ0v) is 12.3. The number of aryl methyl sites for hydroxylation is 1. The highest BCUT2D eigenvalue weighted by molar-refractivity contribution is 9.10. The summed E-state index contributed by atoms with van der Waals surface area (Å²) in [6.45, 7) is 1.83. The van der Waals surface area contributed by atoms with Crippen LogP contribution in [0.5, 0.6) is 6.01 Å². The number of methoxy groups -OCH3 is 1. The minimum absolute atomic E-state index is 0.0886. The summed E-state index contributed by atoms with van der Waals surface area (Å²) in [5.74, 6) is 5.19. The smallest absolute Gasteiger partial charge is 0.322 e. The second-order valence-electron chi connectivity index (χ2n) is 3.82. The Labute approximate surface area is 122 Å². The van der Waals surface area contributed by atoms with Gasteiger partial charge in [0, 0.05) is 5.69 Å². The molecule has 0 bridgehead atoms. The first-order valence-electron chi connectivity index (χ1n) is 5.53. The molecule has 1 heterocycles. The van der Waals surface area contributed by atoms with E-state index in [0.717, 1.165) is 5.56 Å². The number of anilines is 3. The average molecular weight is 343 g/mol. The van der Waals surface area contributed by atoms with Gasteiger partial charge in [-0.05, 0) is 40.5 Å². The van der Waals surface area contributed by atoms with Gasteiger partial charge in [-0.25, -0.2) is 10.2 Å². The molecular weight excluding hydrogens is 331 g/mol. The third kappa shape index (κ3) is 3.11. The van der Waals surface area contributed by atoms with Crippen LogP contribution in [0.3, 0.4) is 0 Å². The first kappa shape index (κ1) is 14.4. The Balaban J connectivity index is 2.36. The fourth-order valence-electron chi connectivity index (χ4n) is 1.47. The maximum Gasteiger partial charge on any atom is 0.322 e. The van der Waals surface area contributed by atoms with Crippen molar-refractivity contribution < 1.29 is 9.13 Å². The number of hydrogen-bond acceptors (Lipinski definition) is 7. The van der Waals surface area contributed by atoms with E-state index in [-0.39, 0.29) is 17.9 Å². The number of hydrogen-bond donors (Lipinski definition) is 3. The average Bonchev–Trinajstić information content (AvgIpc) is 2.44. The lowest BCUT2D eigenvalue weighted by Crippen LogP contribution is -2.13. The molecule has 1 aromatic carbocycles. The first-order chi connectivity index (χ1) is 9.53. The molecule has 0 saturated heterocycles. The summed E-state index contributed by atoms with van der Waals surface area (Å²) in [6, 6.07) is 3.08. The quantitative estimate of drug-likeness (QED) is 0.578. The lowest BCUT2D eigenvalue weighted by molar-refractivity contribution is 0.379. The van der Waals surface area contributed by atoms with Gasteiger partial charge in [-0.2, -0.15) is 15.0 Å². The predicted molar refractivity (Wildman–Crippen MR) is 76.3 cm³/mol. The van der Waals surface area contributed by atoms with Gasteiger partial charge < -0.3 is 10.1 Å². The van der Waals surface area contributed by atoms with Crippen LogP contribution in [0.1, 0.15) is 5.56 Å². The number of benzene rings is 1. The van der Waals surface area contributed by atoms with E-state index in [1.54, 1.807) is 6.07 Å². The molecule has 7 nitrogen and oxygen atoms in total. The lowest BCUT2D eigenvalue weighted by Gasteiger charge is -2.10. The number of nitrogen functional groups attached to an aromatic ring is 1. The first-order valence-corrected chi connectivity index (χ1v) is 6.32. The Kier molecular flexibility index (Phi) is 4.30. The topological polar surface area (TPSA) is 98.0 Å². The van der Waals surface area contributed by atoms with Gasteiger partial charge in [0.25, 0.3) is 0 Å². The van der Waals surface area contributed by atoms with Crippen LogP contribution in [0, 0.1) is 12.7 Å². The molecule has 0 fully saturated rings. The van der Waals surface area contributed by atoms with Gasteiger partial charge in [0.1, 0.15) is 5.82 Å². The highest BCUT2D eigenvalue weighted by Gasteiger charge is 2.10. The predicted octanol–water partition coefficient (Wildman–Crippen LogP) is 2.12. The molecule has 0 amide bonds. The van der Waals surface area contributed by atoms with E-state index in [1.165, 1.54) is 13.2 Å². The molecule has 1 aromatic heterocycles. The molecule has 2 rings (SSSR count). The van der Waals surface area contributed by atoms with E-state index < -0.39 is 5.82 Å². The van der Waals surface area contributed by atoms with E-state index in [1.807, 2.05) is 6.92 Å². The van der Waals surface area contributed by atoms with Crippen LogP contribution >= 0.6 is 15.9 Å². The second-order valence-corrected chi connectivity index (χ2v) is 4.67. The SMILES string of the molecule is COc1nc(NN)nc(Nc2cc(F)c(Br)cc2C)n1. The molecule has 0 aliphatic rings. The van der Waals surface area contributed by atoms with Crippen molar-refractivity contribution in [2.24, 2.45) is 5.84 Å². The highest BCUT2D eigenvalue weighted by Crippen LogP contribution is 2.26. The van der Waals surface area contributed by atoms with Crippen molar-refractivity contribution in [1.82, 2.24) is 15.0 Å². The van der Waals surface area contributed by atoms with Gasteiger partial charge in [0.15, 0.2) is 0 Å². The summed E-state index contributed by atoms with van der Waals surface area (Å²) in [5.41, 5.74) is 3.65. The Hall–Kier alpha value is -2.00. The summed E-state index contributed by atoms with van der Waals surface area (Å²) in [7, 11) is 1.42. The third-order valence-corrected chi connectivity index (χ3v) is 3.05. The number of hydrazine groups is 1. The van der Waals surface area contributed by atoms with Crippen molar-refractivity contribution in [2.45, 2.75) is 6.92 Å². The van der Waals surface area contributed by atoms with E-state index in [0.29, 0.717) is 10.2 Å². The van der Waals surface area contributed by atoms with Crippen molar-refractivity contribution in [2.75, 3.05) is 17.9 Å². The molecule has 0 aliphatic heterocycles. The number of nitrogens with one attached hydrogen (secondary N) is 2. The largest absolute Gasteiger partial charge is 0.467 e. The number of rotatable bonds is 4. The van der Waals surface area contributed by atoms with E-state index in [9.17, 15) is 4.39 Å². The summed E-state index contributed by atoms with van der Waals surface area (Å²) >= 11 is 3.12. The van der Waals surface area contributed by atoms with E-state index in [4.69, 9.17) is 10.6 Å². The van der Waals surface area contributed by atoms with Crippen molar-refractivity contribution in [1.29, 1.82) is 0 Å². The Bertz CT molecular complexity index is 616. The number of halogens is 2. The molecule has 0 atom stereocenters. The maximum atomic E-state index is 13.6. The monoisotopic (exact) mass is 342 g/mol. The molecule has 20 heavy (non-hydrogen) atoms. The Morgan fingerprint density at radius 2 is 1.95 bits per heavy atom. The zero-order valence-electron chi connectivity index (χ0n) is 10.7. The standard InChI is InChI=1S/C11H12BrFN6O/c1-5-3-6(12)7(13)4-8(5)15-9-16-10(19-14)18-11(17-9)20-2/h3-4H,14H2,1-2H3,(H2,15,16,17,18,19). The van der Waals surface area contributed by atoms with Crippen LogP contribution < -0.4 is 21.3 Å². The second kappa shape index (κ2) is 5.97. The zero-order chi connectivity index (χ0) is 14.7. The number of aromatic nitrogens is 3. The fourth-order valence-corrected chi connectivity index (χ4v) is 1.93. The van der Waals surface area contributed by atoms with E-state index >= 15 is 0 Å². The van der Waals surface area contributed by atoms with Gasteiger partial charge in [-0.15, -0.1) is 0 Å². The molecule has 0 aliphatic carbocycles. The maximum absolute atomic E-state index is 13.6. The molecule has 9 heteroatoms. The van der Waals surface area contributed by atoms with Crippen molar-refractivity contribution in [3.63, 3.8) is 0 Å². The molecular formula is C11H12BrFN6O. The summed E-state index contributed by atoms with van der Waals surface area (Å²) < 4.78 is 18.9. The van der Waals surface area contributed by atoms with Gasteiger partial charge in [0.2, 0.25) is 11.9 Å². The molecule has 0 radical (unpaired) electrons. The lowest BCUT2D eigenvalue weighted by atomic mass is 10.2. The van der Waals surface area contributed by atoms with Crippen LogP contribution in [0.4, 0.5) is 22.0 Å². The molecule has 0 saturated carbocycles. The normalized spacial score (nSPS) is 10.2. The number of ether oxygens (including phenoxy) is 1. The van der Waals surface area contributed by atoms with Crippen LogP contribution in [0.25, 0.3) is 0 Å². The molecule has 4 N–H and O–H groups in total.